The Bertz CT molecular complexity index is 933. The van der Waals surface area contributed by atoms with Crippen molar-refractivity contribution in [3.8, 4) is 11.3 Å². The second-order valence-corrected chi connectivity index (χ2v) is 6.75. The van der Waals surface area contributed by atoms with Crippen LogP contribution in [0, 0.1) is 0 Å². The molecule has 1 amide bonds. The van der Waals surface area contributed by atoms with Crippen LogP contribution in [0.3, 0.4) is 0 Å². The summed E-state index contributed by atoms with van der Waals surface area (Å²) in [6.45, 7) is 2.38. The Morgan fingerprint density at radius 2 is 2.04 bits per heavy atom. The number of nitrogens with zero attached hydrogens (tertiary/aromatic N) is 1. The highest BCUT2D eigenvalue weighted by atomic mass is 35.5. The van der Waals surface area contributed by atoms with Crippen molar-refractivity contribution in [1.29, 1.82) is 0 Å². The summed E-state index contributed by atoms with van der Waals surface area (Å²) in [4.78, 5) is 12.5. The molecule has 0 aliphatic carbocycles. The molecular weight excluding hydrogens is 364 g/mol. The van der Waals surface area contributed by atoms with E-state index in [9.17, 15) is 4.79 Å². The Morgan fingerprint density at radius 1 is 1.19 bits per heavy atom. The van der Waals surface area contributed by atoms with Crippen LogP contribution in [0.5, 0.6) is 0 Å². The van der Waals surface area contributed by atoms with Gasteiger partial charge in [-0.2, -0.15) is 5.10 Å². The normalized spacial score (nSPS) is 16.9. The average molecular weight is 383 g/mol. The van der Waals surface area contributed by atoms with E-state index in [0.29, 0.717) is 28.7 Å². The molecule has 1 aliphatic heterocycles. The quantitative estimate of drug-likeness (QED) is 0.643. The fourth-order valence-corrected chi connectivity index (χ4v) is 3.18. The molecule has 138 valence electrons. The number of morpholine rings is 1. The Kier molecular flexibility index (Phi) is 5.20. The zero-order valence-electron chi connectivity index (χ0n) is 14.5. The van der Waals surface area contributed by atoms with Gasteiger partial charge in [-0.25, -0.2) is 0 Å². The van der Waals surface area contributed by atoms with E-state index in [1.165, 1.54) is 0 Å². The summed E-state index contributed by atoms with van der Waals surface area (Å²) in [6.07, 6.45) is 0.0522. The lowest BCUT2D eigenvalue weighted by Gasteiger charge is -2.24. The summed E-state index contributed by atoms with van der Waals surface area (Å²) >= 11 is 6.01. The van der Waals surface area contributed by atoms with Crippen LogP contribution in [-0.2, 0) is 4.74 Å². The minimum atomic E-state index is -0.251. The summed E-state index contributed by atoms with van der Waals surface area (Å²) in [5.41, 5.74) is 3.70. The summed E-state index contributed by atoms with van der Waals surface area (Å²) in [6, 6.07) is 16.7. The fourth-order valence-electron chi connectivity index (χ4n) is 2.99. The molecule has 4 rings (SSSR count). The van der Waals surface area contributed by atoms with E-state index < -0.39 is 0 Å². The van der Waals surface area contributed by atoms with Crippen molar-refractivity contribution in [2.75, 3.05) is 25.0 Å². The van der Waals surface area contributed by atoms with E-state index in [4.69, 9.17) is 16.3 Å². The third-order valence-corrected chi connectivity index (χ3v) is 4.65. The molecule has 0 saturated carbocycles. The first-order valence-electron chi connectivity index (χ1n) is 8.74. The van der Waals surface area contributed by atoms with Gasteiger partial charge >= 0.3 is 0 Å². The molecule has 0 unspecified atom stereocenters. The molecule has 3 N–H and O–H groups in total. The largest absolute Gasteiger partial charge is 0.371 e. The van der Waals surface area contributed by atoms with Gasteiger partial charge in [-0.1, -0.05) is 35.9 Å². The number of amides is 1. The second-order valence-electron chi connectivity index (χ2n) is 6.32. The van der Waals surface area contributed by atoms with Crippen molar-refractivity contribution in [2.45, 2.75) is 6.10 Å². The fraction of sp³-hybridized carbons (Fsp3) is 0.200. The molecule has 1 fully saturated rings. The molecule has 1 aromatic heterocycles. The number of rotatable bonds is 4. The van der Waals surface area contributed by atoms with Crippen LogP contribution in [0.2, 0.25) is 5.02 Å². The number of aromatic amines is 1. The molecule has 0 spiro atoms. The number of hydrogen-bond donors (Lipinski definition) is 3. The predicted molar refractivity (Wildman–Crippen MR) is 105 cm³/mol. The first-order chi connectivity index (χ1) is 13.2. The van der Waals surface area contributed by atoms with Crippen molar-refractivity contribution in [3.05, 3.63) is 70.9 Å². The molecule has 2 heterocycles. The van der Waals surface area contributed by atoms with Crippen LogP contribution >= 0.6 is 11.6 Å². The average Bonchev–Trinajstić information content (AvgIpc) is 3.20. The molecule has 7 heteroatoms. The van der Waals surface area contributed by atoms with E-state index in [1.807, 2.05) is 36.4 Å². The summed E-state index contributed by atoms with van der Waals surface area (Å²) in [5, 5.41) is 13.8. The number of hydrogen-bond acceptors (Lipinski definition) is 4. The number of carbonyl (C=O) groups excluding carboxylic acids is 1. The topological polar surface area (TPSA) is 79.0 Å². The molecule has 27 heavy (non-hydrogen) atoms. The monoisotopic (exact) mass is 382 g/mol. The highest BCUT2D eigenvalue weighted by Crippen LogP contribution is 2.23. The predicted octanol–water partition coefficient (Wildman–Crippen LogP) is 3.64. The number of nitrogens with one attached hydrogen (secondary N) is 3. The zero-order valence-corrected chi connectivity index (χ0v) is 15.3. The number of carbonyl (C=O) groups is 1. The molecule has 2 aromatic carbocycles. The third kappa shape index (κ3) is 4.19. The number of anilines is 1. The highest BCUT2D eigenvalue weighted by Gasteiger charge is 2.16. The lowest BCUT2D eigenvalue weighted by Crippen LogP contribution is -2.33. The van der Waals surface area contributed by atoms with Gasteiger partial charge in [0.05, 0.1) is 18.4 Å². The van der Waals surface area contributed by atoms with Gasteiger partial charge in [0.2, 0.25) is 0 Å². The SMILES string of the molecule is O=C(Nc1ccc([C@@H]2CNCCO2)cc1)c1cc(-c2cccc(Cl)c2)n[nH]1. The van der Waals surface area contributed by atoms with Gasteiger partial charge in [-0.15, -0.1) is 0 Å². The van der Waals surface area contributed by atoms with Gasteiger partial charge < -0.3 is 15.4 Å². The smallest absolute Gasteiger partial charge is 0.273 e. The molecule has 1 saturated heterocycles. The lowest BCUT2D eigenvalue weighted by molar-refractivity contribution is 0.0277. The van der Waals surface area contributed by atoms with E-state index >= 15 is 0 Å². The Balaban J connectivity index is 1.43. The van der Waals surface area contributed by atoms with Crippen molar-refractivity contribution in [2.24, 2.45) is 0 Å². The van der Waals surface area contributed by atoms with E-state index in [-0.39, 0.29) is 12.0 Å². The molecule has 6 nitrogen and oxygen atoms in total. The minimum absolute atomic E-state index is 0.0522. The zero-order chi connectivity index (χ0) is 18.6. The number of ether oxygens (including phenoxy) is 1. The van der Waals surface area contributed by atoms with E-state index in [0.717, 1.165) is 24.2 Å². The Labute approximate surface area is 161 Å². The number of H-pyrrole nitrogens is 1. The first-order valence-corrected chi connectivity index (χ1v) is 9.12. The maximum absolute atomic E-state index is 12.5. The number of benzene rings is 2. The first kappa shape index (κ1) is 17.7. The summed E-state index contributed by atoms with van der Waals surface area (Å²) in [5.74, 6) is -0.251. The van der Waals surface area contributed by atoms with E-state index in [2.05, 4.69) is 20.8 Å². The van der Waals surface area contributed by atoms with Gasteiger partial charge in [0.1, 0.15) is 5.69 Å². The minimum Gasteiger partial charge on any atom is -0.371 e. The Morgan fingerprint density at radius 3 is 2.78 bits per heavy atom. The van der Waals surface area contributed by atoms with Gasteiger partial charge in [0.25, 0.3) is 5.91 Å². The van der Waals surface area contributed by atoms with Crippen LogP contribution in [0.25, 0.3) is 11.3 Å². The molecule has 3 aromatic rings. The maximum atomic E-state index is 12.5. The second kappa shape index (κ2) is 7.92. The molecule has 0 bridgehead atoms. The van der Waals surface area contributed by atoms with Gasteiger partial charge in [0.15, 0.2) is 0 Å². The van der Waals surface area contributed by atoms with Crippen molar-refractivity contribution >= 4 is 23.2 Å². The third-order valence-electron chi connectivity index (χ3n) is 4.41. The van der Waals surface area contributed by atoms with Gasteiger partial charge in [-0.05, 0) is 35.9 Å². The molecule has 1 atom stereocenters. The summed E-state index contributed by atoms with van der Waals surface area (Å²) in [7, 11) is 0. The van der Waals surface area contributed by atoms with Crippen LogP contribution in [-0.4, -0.2) is 35.8 Å². The highest BCUT2D eigenvalue weighted by molar-refractivity contribution is 6.30. The maximum Gasteiger partial charge on any atom is 0.273 e. The lowest BCUT2D eigenvalue weighted by atomic mass is 10.1. The van der Waals surface area contributed by atoms with Crippen LogP contribution in [0.1, 0.15) is 22.2 Å². The number of aromatic nitrogens is 2. The molecule has 0 radical (unpaired) electrons. The van der Waals surface area contributed by atoms with Gasteiger partial charge in [-0.3, -0.25) is 9.89 Å². The number of halogens is 1. The summed E-state index contributed by atoms with van der Waals surface area (Å²) < 4.78 is 5.73. The van der Waals surface area contributed by atoms with Crippen molar-refractivity contribution in [1.82, 2.24) is 15.5 Å². The van der Waals surface area contributed by atoms with E-state index in [1.54, 1.807) is 18.2 Å². The van der Waals surface area contributed by atoms with Gasteiger partial charge in [0, 0.05) is 29.4 Å². The van der Waals surface area contributed by atoms with Crippen molar-refractivity contribution < 1.29 is 9.53 Å². The van der Waals surface area contributed by atoms with Crippen molar-refractivity contribution in [3.63, 3.8) is 0 Å². The van der Waals surface area contributed by atoms with Crippen LogP contribution in [0.4, 0.5) is 5.69 Å². The standard InChI is InChI=1S/C20H19ClN4O2/c21-15-3-1-2-14(10-15)17-11-18(25-24-17)20(26)23-16-6-4-13(5-7-16)19-12-22-8-9-27-19/h1-7,10-11,19,22H,8-9,12H2,(H,23,26)(H,24,25)/t19-/m0/s1. The molecule has 1 aliphatic rings. The molecular formula is C20H19ClN4O2. The van der Waals surface area contributed by atoms with Crippen LogP contribution < -0.4 is 10.6 Å². The Hall–Kier alpha value is -2.67. The van der Waals surface area contributed by atoms with Crippen LogP contribution in [0.15, 0.2) is 54.6 Å².